The molecule has 0 aliphatic rings. The summed E-state index contributed by atoms with van der Waals surface area (Å²) >= 11 is 0. The van der Waals surface area contributed by atoms with E-state index < -0.39 is 5.97 Å². The second kappa shape index (κ2) is 8.05. The van der Waals surface area contributed by atoms with Crippen molar-refractivity contribution in [3.8, 4) is 17.2 Å². The lowest BCUT2D eigenvalue weighted by Crippen LogP contribution is -2.23. The molecule has 25 heavy (non-hydrogen) atoms. The smallest absolute Gasteiger partial charge is 0.308 e. The molecule has 0 saturated heterocycles. The highest BCUT2D eigenvalue weighted by Gasteiger charge is 2.19. The molecular weight excluding hydrogens is 324 g/mol. The highest BCUT2D eigenvalue weighted by Crippen LogP contribution is 2.38. The van der Waals surface area contributed by atoms with Gasteiger partial charge < -0.3 is 25.3 Å². The summed E-state index contributed by atoms with van der Waals surface area (Å²) in [6, 6.07) is 10.2. The van der Waals surface area contributed by atoms with Crippen molar-refractivity contribution >= 4 is 17.6 Å². The van der Waals surface area contributed by atoms with Crippen LogP contribution < -0.4 is 25.3 Å². The van der Waals surface area contributed by atoms with Crippen LogP contribution in [0.15, 0.2) is 36.4 Å². The third-order valence-corrected chi connectivity index (χ3v) is 3.40. The Balaban J connectivity index is 2.21. The van der Waals surface area contributed by atoms with Gasteiger partial charge in [-0.1, -0.05) is 12.1 Å². The summed E-state index contributed by atoms with van der Waals surface area (Å²) in [7, 11) is 2.83. The molecule has 1 amide bonds. The first kappa shape index (κ1) is 18.1. The van der Waals surface area contributed by atoms with Gasteiger partial charge in [-0.25, -0.2) is 0 Å². The van der Waals surface area contributed by atoms with E-state index in [1.54, 1.807) is 12.1 Å². The third kappa shape index (κ3) is 4.63. The minimum atomic E-state index is -0.517. The van der Waals surface area contributed by atoms with E-state index in [1.165, 1.54) is 33.3 Å². The van der Waals surface area contributed by atoms with E-state index in [0.29, 0.717) is 17.8 Å². The predicted octanol–water partition coefficient (Wildman–Crippen LogP) is 2.14. The van der Waals surface area contributed by atoms with Gasteiger partial charge in [-0.2, -0.15) is 0 Å². The van der Waals surface area contributed by atoms with Crippen molar-refractivity contribution in [1.82, 2.24) is 5.32 Å². The summed E-state index contributed by atoms with van der Waals surface area (Å²) in [5.41, 5.74) is 7.53. The molecule has 0 saturated carbocycles. The summed E-state index contributed by atoms with van der Waals surface area (Å²) in [4.78, 5) is 23.6. The van der Waals surface area contributed by atoms with E-state index >= 15 is 0 Å². The van der Waals surface area contributed by atoms with Crippen molar-refractivity contribution in [2.24, 2.45) is 0 Å². The second-order valence-electron chi connectivity index (χ2n) is 5.23. The van der Waals surface area contributed by atoms with Gasteiger partial charge in [0.2, 0.25) is 5.75 Å². The van der Waals surface area contributed by atoms with Crippen molar-refractivity contribution in [3.05, 3.63) is 47.5 Å². The number of hydrogen-bond donors (Lipinski definition) is 2. The maximum absolute atomic E-state index is 12.4. The van der Waals surface area contributed by atoms with Crippen molar-refractivity contribution in [2.75, 3.05) is 20.0 Å². The average molecular weight is 344 g/mol. The number of nitrogen functional groups attached to an aromatic ring is 1. The summed E-state index contributed by atoms with van der Waals surface area (Å²) in [5, 5.41) is 2.80. The van der Waals surface area contributed by atoms with E-state index in [4.69, 9.17) is 19.9 Å². The Morgan fingerprint density at radius 1 is 1.04 bits per heavy atom. The van der Waals surface area contributed by atoms with Gasteiger partial charge in [0.05, 0.1) is 14.2 Å². The lowest BCUT2D eigenvalue weighted by molar-refractivity contribution is -0.132. The minimum absolute atomic E-state index is 0.132. The van der Waals surface area contributed by atoms with Crippen molar-refractivity contribution in [1.29, 1.82) is 0 Å². The highest BCUT2D eigenvalue weighted by atomic mass is 16.6. The van der Waals surface area contributed by atoms with E-state index in [1.807, 2.05) is 12.1 Å². The normalized spacial score (nSPS) is 10.0. The number of nitrogens with one attached hydrogen (secondary N) is 1. The number of methoxy groups -OCH3 is 2. The minimum Gasteiger partial charge on any atom is -0.493 e. The Morgan fingerprint density at radius 3 is 2.08 bits per heavy atom. The molecule has 0 fully saturated rings. The molecule has 132 valence electrons. The standard InChI is InChI=1S/C18H20N2O5/c1-11(21)25-17-15(23-2)8-13(9-16(17)24-3)18(22)20-10-12-4-6-14(19)7-5-12/h4-9H,10,19H2,1-3H3,(H,20,22). The molecule has 0 bridgehead atoms. The molecule has 0 heterocycles. The van der Waals surface area contributed by atoms with Crippen LogP contribution in [0.5, 0.6) is 17.2 Å². The van der Waals surface area contributed by atoms with E-state index in [0.717, 1.165) is 5.56 Å². The first-order valence-electron chi connectivity index (χ1n) is 7.51. The Bertz CT molecular complexity index is 747. The molecule has 2 rings (SSSR count). The fourth-order valence-electron chi connectivity index (χ4n) is 2.18. The zero-order valence-electron chi connectivity index (χ0n) is 14.3. The van der Waals surface area contributed by atoms with Gasteiger partial charge in [0.15, 0.2) is 11.5 Å². The molecule has 0 aliphatic heterocycles. The van der Waals surface area contributed by atoms with E-state index in [-0.39, 0.29) is 23.2 Å². The number of ether oxygens (including phenoxy) is 3. The van der Waals surface area contributed by atoms with Gasteiger partial charge in [-0.15, -0.1) is 0 Å². The maximum Gasteiger partial charge on any atom is 0.308 e. The molecule has 2 aromatic carbocycles. The van der Waals surface area contributed by atoms with E-state index in [2.05, 4.69) is 5.32 Å². The van der Waals surface area contributed by atoms with Gasteiger partial charge in [-0.3, -0.25) is 9.59 Å². The molecule has 0 aliphatic carbocycles. The van der Waals surface area contributed by atoms with Crippen LogP contribution in [0, 0.1) is 0 Å². The van der Waals surface area contributed by atoms with E-state index in [9.17, 15) is 9.59 Å². The average Bonchev–Trinajstić information content (AvgIpc) is 2.60. The number of anilines is 1. The molecule has 0 aromatic heterocycles. The van der Waals surface area contributed by atoms with Gasteiger partial charge in [0, 0.05) is 24.7 Å². The number of rotatable bonds is 6. The van der Waals surface area contributed by atoms with Crippen molar-refractivity contribution < 1.29 is 23.8 Å². The first-order valence-corrected chi connectivity index (χ1v) is 7.51. The van der Waals surface area contributed by atoms with Gasteiger partial charge in [-0.05, 0) is 29.8 Å². The number of carbonyl (C=O) groups is 2. The lowest BCUT2D eigenvalue weighted by Gasteiger charge is -2.14. The van der Waals surface area contributed by atoms with Gasteiger partial charge in [0.25, 0.3) is 5.91 Å². The topological polar surface area (TPSA) is 99.9 Å². The maximum atomic E-state index is 12.4. The number of carbonyl (C=O) groups excluding carboxylic acids is 2. The van der Waals surface area contributed by atoms with Crippen molar-refractivity contribution in [3.63, 3.8) is 0 Å². The number of hydrogen-bond acceptors (Lipinski definition) is 6. The fraction of sp³-hybridized carbons (Fsp3) is 0.222. The highest BCUT2D eigenvalue weighted by molar-refractivity contribution is 5.95. The molecular formula is C18H20N2O5. The lowest BCUT2D eigenvalue weighted by atomic mass is 10.1. The quantitative estimate of drug-likeness (QED) is 0.473. The summed E-state index contributed by atoms with van der Waals surface area (Å²) in [5.74, 6) is -0.244. The monoisotopic (exact) mass is 344 g/mol. The number of esters is 1. The third-order valence-electron chi connectivity index (χ3n) is 3.40. The molecule has 7 nitrogen and oxygen atoms in total. The van der Waals surface area contributed by atoms with Crippen LogP contribution in [0.4, 0.5) is 5.69 Å². The van der Waals surface area contributed by atoms with Crippen LogP contribution in [-0.2, 0) is 11.3 Å². The summed E-state index contributed by atoms with van der Waals surface area (Å²) < 4.78 is 15.5. The Morgan fingerprint density at radius 2 is 1.60 bits per heavy atom. The zero-order chi connectivity index (χ0) is 18.4. The van der Waals surface area contributed by atoms with Gasteiger partial charge in [0.1, 0.15) is 0 Å². The van der Waals surface area contributed by atoms with Crippen LogP contribution in [0.3, 0.4) is 0 Å². The number of amides is 1. The Labute approximate surface area is 145 Å². The SMILES string of the molecule is COc1cc(C(=O)NCc2ccc(N)cc2)cc(OC)c1OC(C)=O. The molecule has 0 unspecified atom stereocenters. The molecule has 0 radical (unpaired) electrons. The summed E-state index contributed by atoms with van der Waals surface area (Å²) in [6.07, 6.45) is 0. The molecule has 2 aromatic rings. The van der Waals surface area contributed by atoms with Gasteiger partial charge >= 0.3 is 5.97 Å². The Kier molecular flexibility index (Phi) is 5.84. The largest absolute Gasteiger partial charge is 0.493 e. The van der Waals surface area contributed by atoms with Crippen LogP contribution >= 0.6 is 0 Å². The van der Waals surface area contributed by atoms with Crippen LogP contribution in [0.1, 0.15) is 22.8 Å². The first-order chi connectivity index (χ1) is 11.9. The number of benzene rings is 2. The van der Waals surface area contributed by atoms with Crippen LogP contribution in [-0.4, -0.2) is 26.1 Å². The van der Waals surface area contributed by atoms with Crippen LogP contribution in [0.25, 0.3) is 0 Å². The molecule has 3 N–H and O–H groups in total. The van der Waals surface area contributed by atoms with Crippen LogP contribution in [0.2, 0.25) is 0 Å². The predicted molar refractivity (Wildman–Crippen MR) is 92.9 cm³/mol. The fourth-order valence-corrected chi connectivity index (χ4v) is 2.18. The zero-order valence-corrected chi connectivity index (χ0v) is 14.3. The second-order valence-corrected chi connectivity index (χ2v) is 5.23. The summed E-state index contributed by atoms with van der Waals surface area (Å²) in [6.45, 7) is 1.61. The molecule has 0 spiro atoms. The molecule has 7 heteroatoms. The molecule has 0 atom stereocenters. The number of nitrogens with two attached hydrogens (primary N) is 1. The Hall–Kier alpha value is -3.22. The van der Waals surface area contributed by atoms with Crippen molar-refractivity contribution in [2.45, 2.75) is 13.5 Å².